The molecular weight excluding hydrogens is 351 g/mol. The van der Waals surface area contributed by atoms with Crippen molar-refractivity contribution in [2.75, 3.05) is 5.32 Å². The number of nitrogens with zero attached hydrogens (tertiary/aromatic N) is 5. The third-order valence-electron chi connectivity index (χ3n) is 3.31. The number of hydrogen-bond acceptors (Lipinski definition) is 4. The molecule has 1 amide bonds. The highest BCUT2D eigenvalue weighted by molar-refractivity contribution is 6.35. The molecule has 0 fully saturated rings. The first-order chi connectivity index (χ1) is 11.5. The van der Waals surface area contributed by atoms with Crippen LogP contribution < -0.4 is 5.32 Å². The average Bonchev–Trinajstić information content (AvgIpc) is 3.19. The summed E-state index contributed by atoms with van der Waals surface area (Å²) in [6.07, 6.45) is 3.26. The molecule has 2 heterocycles. The maximum absolute atomic E-state index is 12.1. The summed E-state index contributed by atoms with van der Waals surface area (Å²) in [5.41, 5.74) is 1.17. The Bertz CT molecular complexity index is 872. The topological polar surface area (TPSA) is 77.6 Å². The zero-order valence-corrected chi connectivity index (χ0v) is 14.3. The van der Waals surface area contributed by atoms with Gasteiger partial charge in [0.25, 0.3) is 5.91 Å². The third kappa shape index (κ3) is 3.74. The maximum Gasteiger partial charge on any atom is 0.278 e. The van der Waals surface area contributed by atoms with Gasteiger partial charge in [0.2, 0.25) is 5.95 Å². The van der Waals surface area contributed by atoms with Gasteiger partial charge in [-0.15, -0.1) is 5.10 Å². The van der Waals surface area contributed by atoms with E-state index in [9.17, 15) is 4.79 Å². The zero-order chi connectivity index (χ0) is 17.1. The highest BCUT2D eigenvalue weighted by Gasteiger charge is 2.12. The average molecular weight is 365 g/mol. The van der Waals surface area contributed by atoms with Crippen molar-refractivity contribution in [3.63, 3.8) is 0 Å². The first-order valence-corrected chi connectivity index (χ1v) is 7.99. The molecule has 24 heavy (non-hydrogen) atoms. The highest BCUT2D eigenvalue weighted by Crippen LogP contribution is 2.21. The summed E-state index contributed by atoms with van der Waals surface area (Å²) in [4.78, 5) is 16.2. The Morgan fingerprint density at radius 1 is 1.21 bits per heavy atom. The summed E-state index contributed by atoms with van der Waals surface area (Å²) in [7, 11) is 0. The number of halogens is 2. The standard InChI is InChI=1S/C15H14Cl2N6O/c1-2-22-6-5-13(20-22)14(24)19-15-18-9-23(21-15)8-10-3-4-11(16)7-12(10)17/h3-7,9H,2,8H2,1H3,(H,19,21,24). The van der Waals surface area contributed by atoms with Crippen LogP contribution in [0.5, 0.6) is 0 Å². The van der Waals surface area contributed by atoms with E-state index in [4.69, 9.17) is 23.2 Å². The second-order valence-electron chi connectivity index (χ2n) is 5.01. The van der Waals surface area contributed by atoms with E-state index in [2.05, 4.69) is 20.5 Å². The van der Waals surface area contributed by atoms with Gasteiger partial charge in [-0.25, -0.2) is 9.67 Å². The van der Waals surface area contributed by atoms with Crippen LogP contribution >= 0.6 is 23.2 Å². The highest BCUT2D eigenvalue weighted by atomic mass is 35.5. The molecule has 0 bridgehead atoms. The number of anilines is 1. The molecule has 9 heteroatoms. The van der Waals surface area contributed by atoms with Gasteiger partial charge in [-0.1, -0.05) is 29.3 Å². The first kappa shape index (κ1) is 16.5. The van der Waals surface area contributed by atoms with E-state index in [1.165, 1.54) is 6.33 Å². The van der Waals surface area contributed by atoms with E-state index in [1.807, 2.05) is 13.0 Å². The van der Waals surface area contributed by atoms with Crippen molar-refractivity contribution in [2.45, 2.75) is 20.0 Å². The van der Waals surface area contributed by atoms with Gasteiger partial charge in [-0.3, -0.25) is 14.8 Å². The predicted octanol–water partition coefficient (Wildman–Crippen LogP) is 3.10. The fraction of sp³-hybridized carbons (Fsp3) is 0.200. The molecule has 2 aromatic heterocycles. The number of nitrogens with one attached hydrogen (secondary N) is 1. The van der Waals surface area contributed by atoms with Crippen molar-refractivity contribution < 1.29 is 4.79 Å². The molecule has 0 atom stereocenters. The Morgan fingerprint density at radius 2 is 2.04 bits per heavy atom. The summed E-state index contributed by atoms with van der Waals surface area (Å²) >= 11 is 12.0. The van der Waals surface area contributed by atoms with Crippen LogP contribution in [0, 0.1) is 0 Å². The van der Waals surface area contributed by atoms with Crippen LogP contribution in [0.1, 0.15) is 23.0 Å². The molecule has 3 aromatic rings. The van der Waals surface area contributed by atoms with Crippen LogP contribution in [-0.2, 0) is 13.1 Å². The fourth-order valence-corrected chi connectivity index (χ4v) is 2.55. The van der Waals surface area contributed by atoms with Gasteiger partial charge in [-0.05, 0) is 30.7 Å². The van der Waals surface area contributed by atoms with Gasteiger partial charge in [0.05, 0.1) is 6.54 Å². The number of carbonyl (C=O) groups is 1. The number of rotatable bonds is 5. The molecular formula is C15H14Cl2N6O. The molecule has 0 aliphatic rings. The zero-order valence-electron chi connectivity index (χ0n) is 12.8. The molecule has 0 saturated heterocycles. The Hall–Kier alpha value is -2.38. The minimum absolute atomic E-state index is 0.205. The molecule has 0 aliphatic carbocycles. The van der Waals surface area contributed by atoms with E-state index >= 15 is 0 Å². The number of benzene rings is 1. The van der Waals surface area contributed by atoms with E-state index in [0.717, 1.165) is 5.56 Å². The SMILES string of the molecule is CCn1ccc(C(=O)Nc2ncn(Cc3ccc(Cl)cc3Cl)n2)n1. The van der Waals surface area contributed by atoms with Crippen LogP contribution in [-0.4, -0.2) is 30.5 Å². The van der Waals surface area contributed by atoms with Crippen molar-refractivity contribution in [1.29, 1.82) is 0 Å². The Balaban J connectivity index is 1.68. The van der Waals surface area contributed by atoms with Crippen molar-refractivity contribution >= 4 is 35.1 Å². The van der Waals surface area contributed by atoms with Gasteiger partial charge < -0.3 is 0 Å². The molecule has 7 nitrogen and oxygen atoms in total. The second-order valence-corrected chi connectivity index (χ2v) is 5.86. The normalized spacial score (nSPS) is 10.8. The summed E-state index contributed by atoms with van der Waals surface area (Å²) < 4.78 is 3.25. The lowest BCUT2D eigenvalue weighted by Crippen LogP contribution is -2.14. The van der Waals surface area contributed by atoms with Crippen LogP contribution in [0.3, 0.4) is 0 Å². The van der Waals surface area contributed by atoms with Gasteiger partial charge in [0.15, 0.2) is 5.69 Å². The lowest BCUT2D eigenvalue weighted by Gasteiger charge is -2.04. The summed E-state index contributed by atoms with van der Waals surface area (Å²) in [5, 5.41) is 12.1. The number of amides is 1. The predicted molar refractivity (Wildman–Crippen MR) is 91.4 cm³/mol. The molecule has 124 valence electrons. The number of hydrogen-bond donors (Lipinski definition) is 1. The van der Waals surface area contributed by atoms with Crippen LogP contribution in [0.2, 0.25) is 10.0 Å². The summed E-state index contributed by atoms with van der Waals surface area (Å²) in [6, 6.07) is 6.89. The van der Waals surface area contributed by atoms with Crippen molar-refractivity contribution in [1.82, 2.24) is 24.5 Å². The molecule has 1 aromatic carbocycles. The first-order valence-electron chi connectivity index (χ1n) is 7.23. The van der Waals surface area contributed by atoms with Crippen LogP contribution in [0.4, 0.5) is 5.95 Å². The number of aryl methyl sites for hydroxylation is 1. The Kier molecular flexibility index (Phi) is 4.82. The van der Waals surface area contributed by atoms with Crippen molar-refractivity contribution in [3.05, 3.63) is 58.1 Å². The largest absolute Gasteiger partial charge is 0.288 e. The quantitative estimate of drug-likeness (QED) is 0.754. The van der Waals surface area contributed by atoms with Crippen LogP contribution in [0.15, 0.2) is 36.8 Å². The second kappa shape index (κ2) is 7.02. The lowest BCUT2D eigenvalue weighted by atomic mass is 10.2. The molecule has 3 rings (SSSR count). The minimum Gasteiger partial charge on any atom is -0.288 e. The molecule has 0 aliphatic heterocycles. The minimum atomic E-state index is -0.357. The monoisotopic (exact) mass is 364 g/mol. The summed E-state index contributed by atoms with van der Waals surface area (Å²) in [5.74, 6) is -0.152. The molecule has 0 unspecified atom stereocenters. The third-order valence-corrected chi connectivity index (χ3v) is 3.89. The van der Waals surface area contributed by atoms with Gasteiger partial charge >= 0.3 is 0 Å². The van der Waals surface area contributed by atoms with Crippen molar-refractivity contribution in [3.8, 4) is 0 Å². The van der Waals surface area contributed by atoms with E-state index < -0.39 is 0 Å². The van der Waals surface area contributed by atoms with Gasteiger partial charge in [0.1, 0.15) is 6.33 Å². The molecule has 1 N–H and O–H groups in total. The van der Waals surface area contributed by atoms with E-state index in [1.54, 1.807) is 33.8 Å². The molecule has 0 saturated carbocycles. The number of carbonyl (C=O) groups excluding carboxylic acids is 1. The smallest absolute Gasteiger partial charge is 0.278 e. The van der Waals surface area contributed by atoms with Gasteiger partial charge in [-0.2, -0.15) is 5.10 Å². The molecule has 0 radical (unpaired) electrons. The van der Waals surface area contributed by atoms with Gasteiger partial charge in [0, 0.05) is 22.8 Å². The Labute approximate surface area is 148 Å². The lowest BCUT2D eigenvalue weighted by molar-refractivity contribution is 0.102. The Morgan fingerprint density at radius 3 is 2.75 bits per heavy atom. The fourth-order valence-electron chi connectivity index (χ4n) is 2.08. The van der Waals surface area contributed by atoms with E-state index in [0.29, 0.717) is 28.8 Å². The molecule has 0 spiro atoms. The van der Waals surface area contributed by atoms with Crippen molar-refractivity contribution in [2.24, 2.45) is 0 Å². The van der Waals surface area contributed by atoms with Crippen LogP contribution in [0.25, 0.3) is 0 Å². The van der Waals surface area contributed by atoms with E-state index in [-0.39, 0.29) is 11.9 Å². The maximum atomic E-state index is 12.1. The number of aromatic nitrogens is 5. The summed E-state index contributed by atoms with van der Waals surface area (Å²) in [6.45, 7) is 3.06.